The number of rotatable bonds is 0. The molecule has 0 bridgehead atoms. The topological polar surface area (TPSA) is 12.9 Å². The van der Waals surface area contributed by atoms with E-state index < -0.39 is 0 Å². The van der Waals surface area contributed by atoms with E-state index in [1.165, 1.54) is 10.9 Å². The summed E-state index contributed by atoms with van der Waals surface area (Å²) in [6, 6.07) is 8.33. The lowest BCUT2D eigenvalue weighted by Gasteiger charge is -2.03. The van der Waals surface area contributed by atoms with Crippen molar-refractivity contribution in [2.45, 2.75) is 13.8 Å². The molecule has 0 aliphatic carbocycles. The summed E-state index contributed by atoms with van der Waals surface area (Å²) in [6.45, 7) is 4.09. The van der Waals surface area contributed by atoms with Gasteiger partial charge in [0.2, 0.25) is 0 Å². The van der Waals surface area contributed by atoms with Crippen LogP contribution in [-0.2, 0) is 0 Å². The highest BCUT2D eigenvalue weighted by Crippen LogP contribution is 2.25. The molecule has 0 N–H and O–H groups in total. The lowest BCUT2D eigenvalue weighted by molar-refractivity contribution is 1.24. The maximum absolute atomic E-state index is 4.49. The van der Waals surface area contributed by atoms with Crippen LogP contribution in [0.3, 0.4) is 0 Å². The smallest absolute Gasteiger partial charge is 0.0849 e. The van der Waals surface area contributed by atoms with Gasteiger partial charge in [-0.05, 0) is 41.4 Å². The van der Waals surface area contributed by atoms with Gasteiger partial charge < -0.3 is 0 Å². The van der Waals surface area contributed by atoms with Gasteiger partial charge in [-0.1, -0.05) is 18.2 Å². The highest BCUT2D eigenvalue weighted by Gasteiger charge is 2.02. The molecule has 0 fully saturated rings. The molecular formula is C11H10BrN. The molecule has 13 heavy (non-hydrogen) atoms. The van der Waals surface area contributed by atoms with Crippen molar-refractivity contribution in [3.05, 3.63) is 40.0 Å². The Kier molecular flexibility index (Phi) is 2.08. The third-order valence-electron chi connectivity index (χ3n) is 2.13. The fraction of sp³-hybridized carbons (Fsp3) is 0.182. The molecular weight excluding hydrogens is 226 g/mol. The molecule has 1 nitrogen and oxygen atoms in total. The van der Waals surface area contributed by atoms with E-state index in [0.29, 0.717) is 0 Å². The molecule has 0 saturated heterocycles. The summed E-state index contributed by atoms with van der Waals surface area (Å²) in [6.07, 6.45) is 0. The van der Waals surface area contributed by atoms with Crippen molar-refractivity contribution in [2.75, 3.05) is 0 Å². The van der Waals surface area contributed by atoms with Crippen LogP contribution in [0.4, 0.5) is 0 Å². The quantitative estimate of drug-likeness (QED) is 0.680. The van der Waals surface area contributed by atoms with E-state index in [0.717, 1.165) is 15.7 Å². The molecule has 0 saturated carbocycles. The Balaban J connectivity index is 2.89. The minimum atomic E-state index is 1.05. The van der Waals surface area contributed by atoms with Crippen molar-refractivity contribution in [1.29, 1.82) is 0 Å². The molecule has 1 heterocycles. The number of aryl methyl sites for hydroxylation is 2. The van der Waals surface area contributed by atoms with Crippen LogP contribution in [0.2, 0.25) is 0 Å². The van der Waals surface area contributed by atoms with Crippen molar-refractivity contribution in [3.63, 3.8) is 0 Å². The lowest BCUT2D eigenvalue weighted by Crippen LogP contribution is -1.86. The maximum atomic E-state index is 4.49. The summed E-state index contributed by atoms with van der Waals surface area (Å²) in [5.74, 6) is 0. The summed E-state index contributed by atoms with van der Waals surface area (Å²) >= 11 is 3.55. The van der Waals surface area contributed by atoms with Gasteiger partial charge in [-0.25, -0.2) is 0 Å². The molecule has 0 amide bonds. The van der Waals surface area contributed by atoms with E-state index >= 15 is 0 Å². The van der Waals surface area contributed by atoms with E-state index in [1.54, 1.807) is 0 Å². The van der Waals surface area contributed by atoms with Crippen LogP contribution in [0.5, 0.6) is 0 Å². The number of hydrogen-bond donors (Lipinski definition) is 0. The zero-order valence-electron chi connectivity index (χ0n) is 7.63. The highest BCUT2D eigenvalue weighted by atomic mass is 79.9. The Labute approximate surface area is 85.9 Å². The zero-order valence-corrected chi connectivity index (χ0v) is 9.22. The van der Waals surface area contributed by atoms with E-state index in [-0.39, 0.29) is 0 Å². The van der Waals surface area contributed by atoms with Crippen molar-refractivity contribution >= 4 is 26.8 Å². The second kappa shape index (κ2) is 3.11. The Morgan fingerprint density at radius 1 is 1.08 bits per heavy atom. The summed E-state index contributed by atoms with van der Waals surface area (Å²) in [5, 5.41) is 1.18. The molecule has 66 valence electrons. The minimum Gasteiger partial charge on any atom is -0.252 e. The number of halogens is 1. The van der Waals surface area contributed by atoms with Crippen molar-refractivity contribution in [1.82, 2.24) is 4.98 Å². The van der Waals surface area contributed by atoms with Gasteiger partial charge >= 0.3 is 0 Å². The van der Waals surface area contributed by atoms with Gasteiger partial charge in [0.25, 0.3) is 0 Å². The predicted molar refractivity (Wildman–Crippen MR) is 58.9 cm³/mol. The summed E-state index contributed by atoms with van der Waals surface area (Å²) in [5.41, 5.74) is 3.34. The largest absolute Gasteiger partial charge is 0.252 e. The first-order valence-corrected chi connectivity index (χ1v) is 5.00. The first-order chi connectivity index (χ1) is 6.18. The van der Waals surface area contributed by atoms with Crippen LogP contribution in [-0.4, -0.2) is 4.98 Å². The van der Waals surface area contributed by atoms with Gasteiger partial charge in [-0.2, -0.15) is 0 Å². The van der Waals surface area contributed by atoms with Crippen LogP contribution in [0.1, 0.15) is 11.3 Å². The van der Waals surface area contributed by atoms with Crippen molar-refractivity contribution < 1.29 is 0 Å². The number of aromatic nitrogens is 1. The number of pyridine rings is 1. The molecule has 0 radical (unpaired) electrons. The van der Waals surface area contributed by atoms with Gasteiger partial charge in [0.1, 0.15) is 0 Å². The van der Waals surface area contributed by atoms with Gasteiger partial charge in [-0.3, -0.25) is 4.98 Å². The van der Waals surface area contributed by atoms with Crippen LogP contribution < -0.4 is 0 Å². The molecule has 0 atom stereocenters. The summed E-state index contributed by atoms with van der Waals surface area (Å²) in [7, 11) is 0. The van der Waals surface area contributed by atoms with Gasteiger partial charge in [0, 0.05) is 15.6 Å². The fourth-order valence-corrected chi connectivity index (χ4v) is 1.80. The average molecular weight is 236 g/mol. The van der Waals surface area contributed by atoms with E-state index in [9.17, 15) is 0 Å². The van der Waals surface area contributed by atoms with Crippen LogP contribution in [0.25, 0.3) is 10.9 Å². The van der Waals surface area contributed by atoms with Gasteiger partial charge in [0.05, 0.1) is 5.52 Å². The standard InChI is InChI=1S/C11H10BrN/c1-7-3-5-9-6-4-8(2)13-11(9)10(7)12/h3-6H,1-2H3. The van der Waals surface area contributed by atoms with Crippen LogP contribution in [0, 0.1) is 13.8 Å². The summed E-state index contributed by atoms with van der Waals surface area (Å²) < 4.78 is 1.11. The Morgan fingerprint density at radius 3 is 2.54 bits per heavy atom. The fourth-order valence-electron chi connectivity index (χ4n) is 1.35. The molecule has 2 rings (SSSR count). The number of hydrogen-bond acceptors (Lipinski definition) is 1. The molecule has 1 aromatic carbocycles. The molecule has 0 spiro atoms. The zero-order chi connectivity index (χ0) is 9.42. The monoisotopic (exact) mass is 235 g/mol. The molecule has 2 aromatic rings. The molecule has 0 aliphatic rings. The number of nitrogens with zero attached hydrogens (tertiary/aromatic N) is 1. The molecule has 1 aromatic heterocycles. The number of fused-ring (bicyclic) bond motifs is 1. The molecule has 0 unspecified atom stereocenters. The van der Waals surface area contributed by atoms with Crippen molar-refractivity contribution in [3.8, 4) is 0 Å². The van der Waals surface area contributed by atoms with E-state index in [4.69, 9.17) is 0 Å². The Bertz CT molecular complexity index is 458. The predicted octanol–water partition coefficient (Wildman–Crippen LogP) is 3.61. The number of benzene rings is 1. The van der Waals surface area contributed by atoms with Crippen LogP contribution in [0.15, 0.2) is 28.7 Å². The maximum Gasteiger partial charge on any atom is 0.0849 e. The second-order valence-corrected chi connectivity index (χ2v) is 4.01. The second-order valence-electron chi connectivity index (χ2n) is 3.22. The Morgan fingerprint density at radius 2 is 1.77 bits per heavy atom. The molecule has 2 heteroatoms. The third-order valence-corrected chi connectivity index (χ3v) is 3.13. The van der Waals surface area contributed by atoms with Crippen LogP contribution >= 0.6 is 15.9 Å². The van der Waals surface area contributed by atoms with Gasteiger partial charge in [-0.15, -0.1) is 0 Å². The first-order valence-electron chi connectivity index (χ1n) is 4.21. The van der Waals surface area contributed by atoms with E-state index in [2.05, 4.69) is 46.0 Å². The lowest BCUT2D eigenvalue weighted by atomic mass is 10.1. The SMILES string of the molecule is Cc1ccc2ccc(C)c(Br)c2n1. The van der Waals surface area contributed by atoms with Crippen molar-refractivity contribution in [2.24, 2.45) is 0 Å². The normalized spacial score (nSPS) is 10.7. The van der Waals surface area contributed by atoms with Gasteiger partial charge in [0.15, 0.2) is 0 Å². The Hall–Kier alpha value is -0.890. The highest BCUT2D eigenvalue weighted by molar-refractivity contribution is 9.10. The third kappa shape index (κ3) is 1.46. The average Bonchev–Trinajstić information content (AvgIpc) is 2.12. The minimum absolute atomic E-state index is 1.05. The first kappa shape index (κ1) is 8.70. The van der Waals surface area contributed by atoms with E-state index in [1.807, 2.05) is 13.0 Å². The summed E-state index contributed by atoms with van der Waals surface area (Å²) in [4.78, 5) is 4.49. The molecule has 0 aliphatic heterocycles.